The number of benzene rings is 2. The van der Waals surface area contributed by atoms with Crippen molar-refractivity contribution in [3.05, 3.63) is 82.6 Å². The van der Waals surface area contributed by atoms with Crippen molar-refractivity contribution in [2.24, 2.45) is 5.92 Å². The number of carbonyl (C=O) groups excluding carboxylic acids is 1. The fraction of sp³-hybridized carbons (Fsp3) is 0.321. The number of nitrogens with one attached hydrogen (secondary N) is 1. The van der Waals surface area contributed by atoms with Gasteiger partial charge in [0.1, 0.15) is 0 Å². The molecule has 6 heteroatoms. The average molecular weight is 477 g/mol. The maximum absolute atomic E-state index is 13.5. The number of nitrogens with zero attached hydrogens (tertiary/aromatic N) is 1. The van der Waals surface area contributed by atoms with Crippen LogP contribution in [0.3, 0.4) is 0 Å². The van der Waals surface area contributed by atoms with Gasteiger partial charge in [-0.2, -0.15) is 0 Å². The molecule has 2 N–H and O–H groups in total. The Morgan fingerprint density at radius 2 is 1.85 bits per heavy atom. The number of pyridine rings is 1. The lowest BCUT2D eigenvalue weighted by atomic mass is 9.72. The lowest BCUT2D eigenvalue weighted by molar-refractivity contribution is -0.137. The average Bonchev–Trinajstić information content (AvgIpc) is 2.77. The molecule has 0 unspecified atom stereocenters. The standard InChI is InChI=1S/C28H29ClN2O3/c1-17(13-26(32)33)24-7-4-8-25(18(24)2)31-28(34)27(20-5-3-6-20)21-11-9-19(10-12-21)22-14-23(29)16-30-15-22/h4,7-12,14-17,20,27H,3,5-6,13H2,1-2H3,(H,31,34)(H,32,33)/t17-,27+/m1/s1. The summed E-state index contributed by atoms with van der Waals surface area (Å²) in [6.45, 7) is 3.84. The Kier molecular flexibility index (Phi) is 7.32. The van der Waals surface area contributed by atoms with Gasteiger partial charge in [0.25, 0.3) is 0 Å². The van der Waals surface area contributed by atoms with E-state index in [-0.39, 0.29) is 24.2 Å². The highest BCUT2D eigenvalue weighted by molar-refractivity contribution is 6.30. The summed E-state index contributed by atoms with van der Waals surface area (Å²) in [6.07, 6.45) is 6.65. The van der Waals surface area contributed by atoms with E-state index in [2.05, 4.69) is 10.3 Å². The van der Waals surface area contributed by atoms with Gasteiger partial charge in [-0.25, -0.2) is 0 Å². The van der Waals surface area contributed by atoms with Crippen LogP contribution in [0.5, 0.6) is 0 Å². The van der Waals surface area contributed by atoms with E-state index in [9.17, 15) is 14.7 Å². The van der Waals surface area contributed by atoms with Gasteiger partial charge in [0.05, 0.1) is 17.4 Å². The van der Waals surface area contributed by atoms with Gasteiger partial charge >= 0.3 is 5.97 Å². The van der Waals surface area contributed by atoms with E-state index < -0.39 is 5.97 Å². The highest BCUT2D eigenvalue weighted by atomic mass is 35.5. The van der Waals surface area contributed by atoms with Crippen LogP contribution in [0.4, 0.5) is 5.69 Å². The van der Waals surface area contributed by atoms with Crippen LogP contribution < -0.4 is 5.32 Å². The van der Waals surface area contributed by atoms with Gasteiger partial charge in [-0.3, -0.25) is 14.6 Å². The monoisotopic (exact) mass is 476 g/mol. The number of aliphatic carboxylic acids is 1. The number of halogens is 1. The molecule has 176 valence electrons. The third-order valence-electron chi connectivity index (χ3n) is 6.86. The molecule has 4 rings (SSSR count). The minimum atomic E-state index is -0.830. The summed E-state index contributed by atoms with van der Waals surface area (Å²) in [5.41, 5.74) is 5.54. The Bertz CT molecular complexity index is 1190. The van der Waals surface area contributed by atoms with Crippen molar-refractivity contribution in [1.29, 1.82) is 0 Å². The first-order chi connectivity index (χ1) is 16.3. The molecule has 1 aliphatic carbocycles. The number of carboxylic acids is 1. The lowest BCUT2D eigenvalue weighted by Gasteiger charge is -2.33. The van der Waals surface area contributed by atoms with Crippen LogP contribution in [0.2, 0.25) is 5.02 Å². The second-order valence-corrected chi connectivity index (χ2v) is 9.63. The molecule has 0 saturated heterocycles. The Hall–Kier alpha value is -3.18. The number of carbonyl (C=O) groups is 2. The summed E-state index contributed by atoms with van der Waals surface area (Å²) in [6, 6.07) is 15.7. The molecule has 1 aromatic heterocycles. The maximum atomic E-state index is 13.5. The van der Waals surface area contributed by atoms with Crippen LogP contribution in [-0.2, 0) is 9.59 Å². The van der Waals surface area contributed by atoms with E-state index in [1.807, 2.05) is 62.4 Å². The Balaban J connectivity index is 1.57. The SMILES string of the molecule is Cc1c(NC(=O)[C@H](c2ccc(-c3cncc(Cl)c3)cc2)C2CCC2)cccc1[C@H](C)CC(=O)O. The molecule has 1 amide bonds. The van der Waals surface area contributed by atoms with Crippen molar-refractivity contribution < 1.29 is 14.7 Å². The fourth-order valence-corrected chi connectivity index (χ4v) is 4.94. The molecule has 5 nitrogen and oxygen atoms in total. The van der Waals surface area contributed by atoms with Crippen molar-refractivity contribution in [3.8, 4) is 11.1 Å². The zero-order valence-electron chi connectivity index (χ0n) is 19.4. The van der Waals surface area contributed by atoms with Gasteiger partial charge in [-0.1, -0.05) is 61.3 Å². The van der Waals surface area contributed by atoms with Gasteiger partial charge in [0.2, 0.25) is 5.91 Å². The van der Waals surface area contributed by atoms with Crippen LogP contribution in [0, 0.1) is 12.8 Å². The van der Waals surface area contributed by atoms with E-state index in [1.165, 1.54) is 0 Å². The summed E-state index contributed by atoms with van der Waals surface area (Å²) in [4.78, 5) is 28.9. The quantitative estimate of drug-likeness (QED) is 0.374. The predicted octanol–water partition coefficient (Wildman–Crippen LogP) is 6.81. The van der Waals surface area contributed by atoms with Gasteiger partial charge in [0.15, 0.2) is 0 Å². The second-order valence-electron chi connectivity index (χ2n) is 9.19. The van der Waals surface area contributed by atoms with Crippen LogP contribution in [0.1, 0.15) is 61.1 Å². The third-order valence-corrected chi connectivity index (χ3v) is 7.06. The molecule has 34 heavy (non-hydrogen) atoms. The number of anilines is 1. The van der Waals surface area contributed by atoms with Gasteiger partial charge in [0, 0.05) is 23.6 Å². The molecular formula is C28H29ClN2O3. The van der Waals surface area contributed by atoms with Crippen molar-refractivity contribution in [2.45, 2.75) is 51.4 Å². The Morgan fingerprint density at radius 1 is 1.12 bits per heavy atom. The molecule has 0 spiro atoms. The molecular weight excluding hydrogens is 448 g/mol. The van der Waals surface area contributed by atoms with Gasteiger partial charge in [-0.05, 0) is 66.0 Å². The Labute approximate surface area is 205 Å². The number of rotatable bonds is 8. The smallest absolute Gasteiger partial charge is 0.303 e. The zero-order chi connectivity index (χ0) is 24.2. The minimum absolute atomic E-state index is 0.0204. The Morgan fingerprint density at radius 3 is 2.47 bits per heavy atom. The first-order valence-electron chi connectivity index (χ1n) is 11.7. The largest absolute Gasteiger partial charge is 0.481 e. The van der Waals surface area contributed by atoms with E-state index in [1.54, 1.807) is 12.4 Å². The normalized spacial score (nSPS) is 15.3. The van der Waals surface area contributed by atoms with Crippen LogP contribution in [0.15, 0.2) is 60.9 Å². The third kappa shape index (κ3) is 5.31. The molecule has 1 aliphatic rings. The highest BCUT2D eigenvalue weighted by Crippen LogP contribution is 2.41. The maximum Gasteiger partial charge on any atom is 0.303 e. The number of amides is 1. The van der Waals surface area contributed by atoms with E-state index in [4.69, 9.17) is 11.6 Å². The first-order valence-corrected chi connectivity index (χ1v) is 12.0. The molecule has 1 fully saturated rings. The predicted molar refractivity (Wildman–Crippen MR) is 135 cm³/mol. The summed E-state index contributed by atoms with van der Waals surface area (Å²) in [7, 11) is 0. The highest BCUT2D eigenvalue weighted by Gasteiger charge is 2.34. The zero-order valence-corrected chi connectivity index (χ0v) is 20.2. The van der Waals surface area contributed by atoms with Crippen LogP contribution in [0.25, 0.3) is 11.1 Å². The molecule has 2 atom stereocenters. The van der Waals surface area contributed by atoms with Crippen LogP contribution in [-0.4, -0.2) is 22.0 Å². The molecule has 0 aliphatic heterocycles. The summed E-state index contributed by atoms with van der Waals surface area (Å²) < 4.78 is 0. The molecule has 1 saturated carbocycles. The summed E-state index contributed by atoms with van der Waals surface area (Å²) in [5.74, 6) is -0.908. The molecule has 3 aromatic rings. The number of hydrogen-bond donors (Lipinski definition) is 2. The molecule has 1 heterocycles. The minimum Gasteiger partial charge on any atom is -0.481 e. The lowest BCUT2D eigenvalue weighted by Crippen LogP contribution is -2.31. The summed E-state index contributed by atoms with van der Waals surface area (Å²) >= 11 is 6.09. The number of hydrogen-bond acceptors (Lipinski definition) is 3. The van der Waals surface area contributed by atoms with Crippen molar-refractivity contribution in [2.75, 3.05) is 5.32 Å². The first kappa shape index (κ1) is 24.0. The second kappa shape index (κ2) is 10.4. The van der Waals surface area contributed by atoms with E-state index in [0.717, 1.165) is 52.8 Å². The molecule has 0 radical (unpaired) electrons. The van der Waals surface area contributed by atoms with Crippen molar-refractivity contribution >= 4 is 29.2 Å². The van der Waals surface area contributed by atoms with Crippen molar-refractivity contribution in [3.63, 3.8) is 0 Å². The van der Waals surface area contributed by atoms with Gasteiger partial charge in [-0.15, -0.1) is 0 Å². The molecule has 2 aromatic carbocycles. The number of aromatic nitrogens is 1. The van der Waals surface area contributed by atoms with E-state index >= 15 is 0 Å². The molecule has 0 bridgehead atoms. The van der Waals surface area contributed by atoms with Crippen molar-refractivity contribution in [1.82, 2.24) is 4.98 Å². The topological polar surface area (TPSA) is 79.3 Å². The van der Waals surface area contributed by atoms with Gasteiger partial charge < -0.3 is 10.4 Å². The summed E-state index contributed by atoms with van der Waals surface area (Å²) in [5, 5.41) is 12.9. The van der Waals surface area contributed by atoms with Crippen LogP contribution >= 0.6 is 11.6 Å². The van der Waals surface area contributed by atoms with E-state index in [0.29, 0.717) is 10.9 Å². The fourth-order valence-electron chi connectivity index (χ4n) is 4.77. The number of carboxylic acid groups (broad SMARTS) is 1.